The molecule has 0 fully saturated rings. The molecule has 2 aromatic rings. The zero-order valence-corrected chi connectivity index (χ0v) is 12.0. The minimum Gasteiger partial charge on any atom is -0.356 e. The average Bonchev–Trinajstić information content (AvgIpc) is 2.54. The minimum absolute atomic E-state index is 0.00135. The van der Waals surface area contributed by atoms with Crippen molar-refractivity contribution >= 4 is 5.91 Å². The van der Waals surface area contributed by atoms with Crippen LogP contribution >= 0.6 is 0 Å². The predicted octanol–water partition coefficient (Wildman–Crippen LogP) is 2.86. The topological polar surface area (TPSA) is 47.6 Å². The van der Waals surface area contributed by atoms with Gasteiger partial charge in [0.05, 0.1) is 0 Å². The molecule has 0 aliphatic rings. The third kappa shape index (κ3) is 4.70. The van der Waals surface area contributed by atoms with Crippen LogP contribution in [0.3, 0.4) is 0 Å². The lowest BCUT2D eigenvalue weighted by molar-refractivity contribution is -0.144. The zero-order valence-electron chi connectivity index (χ0n) is 12.0. The lowest BCUT2D eigenvalue weighted by Crippen LogP contribution is -2.26. The molecule has 0 atom stereocenters. The molecule has 2 aromatic carbocycles. The van der Waals surface area contributed by atoms with Crippen LogP contribution in [-0.2, 0) is 14.4 Å². The maximum Gasteiger partial charge on any atom is 0.244 e. The van der Waals surface area contributed by atoms with E-state index in [4.69, 9.17) is 9.57 Å². The lowest BCUT2D eigenvalue weighted by Gasteiger charge is -2.17. The molecule has 4 nitrogen and oxygen atoms in total. The number of hydrogen-bond acceptors (Lipinski definition) is 3. The predicted molar refractivity (Wildman–Crippen MR) is 80.4 cm³/mol. The molecule has 0 aliphatic heterocycles. The van der Waals surface area contributed by atoms with Crippen molar-refractivity contribution in [3.05, 3.63) is 71.8 Å². The fourth-order valence-electron chi connectivity index (χ4n) is 2.19. The van der Waals surface area contributed by atoms with Gasteiger partial charge in [0, 0.05) is 19.4 Å². The SMILES string of the molecule is COCONC(=O)CC(c1ccccc1)c1ccccc1. The van der Waals surface area contributed by atoms with Crippen molar-refractivity contribution in [2.45, 2.75) is 12.3 Å². The summed E-state index contributed by atoms with van der Waals surface area (Å²) in [4.78, 5) is 16.9. The molecular weight excluding hydrogens is 266 g/mol. The maximum atomic E-state index is 12.0. The molecule has 0 heterocycles. The maximum absolute atomic E-state index is 12.0. The van der Waals surface area contributed by atoms with Gasteiger partial charge in [-0.2, -0.15) is 0 Å². The second-order valence-corrected chi connectivity index (χ2v) is 4.65. The molecule has 0 saturated carbocycles. The van der Waals surface area contributed by atoms with Crippen LogP contribution in [0.25, 0.3) is 0 Å². The number of benzene rings is 2. The van der Waals surface area contributed by atoms with E-state index in [0.717, 1.165) is 11.1 Å². The van der Waals surface area contributed by atoms with E-state index < -0.39 is 0 Å². The number of hydroxylamine groups is 1. The van der Waals surface area contributed by atoms with Crippen molar-refractivity contribution in [1.82, 2.24) is 5.48 Å². The number of methoxy groups -OCH3 is 1. The first kappa shape index (κ1) is 15.2. The Bertz CT molecular complexity index is 503. The summed E-state index contributed by atoms with van der Waals surface area (Å²) in [5, 5.41) is 0. The third-order valence-electron chi connectivity index (χ3n) is 3.16. The zero-order chi connectivity index (χ0) is 14.9. The van der Waals surface area contributed by atoms with Gasteiger partial charge in [-0.25, -0.2) is 10.3 Å². The standard InChI is InChI=1S/C17H19NO3/c1-20-13-21-18-17(19)12-16(14-8-4-2-5-9-14)15-10-6-3-7-11-15/h2-11,16H,12-13H2,1H3,(H,18,19). The van der Waals surface area contributed by atoms with E-state index >= 15 is 0 Å². The van der Waals surface area contributed by atoms with E-state index in [1.807, 2.05) is 60.7 Å². The Hall–Kier alpha value is -2.17. The van der Waals surface area contributed by atoms with Gasteiger partial charge >= 0.3 is 0 Å². The van der Waals surface area contributed by atoms with Gasteiger partial charge in [0.25, 0.3) is 0 Å². The Labute approximate surface area is 124 Å². The Kier molecular flexibility index (Phi) is 5.94. The number of rotatable bonds is 7. The van der Waals surface area contributed by atoms with Crippen molar-refractivity contribution in [3.63, 3.8) is 0 Å². The third-order valence-corrected chi connectivity index (χ3v) is 3.16. The normalized spacial score (nSPS) is 10.6. The number of nitrogens with one attached hydrogen (secondary N) is 1. The van der Waals surface area contributed by atoms with Crippen LogP contribution in [-0.4, -0.2) is 19.8 Å². The smallest absolute Gasteiger partial charge is 0.244 e. The van der Waals surface area contributed by atoms with Crippen LogP contribution in [0.2, 0.25) is 0 Å². The van der Waals surface area contributed by atoms with E-state index in [9.17, 15) is 4.79 Å². The van der Waals surface area contributed by atoms with Crippen molar-refractivity contribution in [2.75, 3.05) is 13.9 Å². The van der Waals surface area contributed by atoms with Crippen LogP contribution in [0, 0.1) is 0 Å². The highest BCUT2D eigenvalue weighted by Crippen LogP contribution is 2.27. The molecule has 1 amide bonds. The summed E-state index contributed by atoms with van der Waals surface area (Å²) >= 11 is 0. The molecule has 21 heavy (non-hydrogen) atoms. The van der Waals surface area contributed by atoms with Crippen LogP contribution in [0.4, 0.5) is 0 Å². The van der Waals surface area contributed by atoms with Crippen molar-refractivity contribution in [3.8, 4) is 0 Å². The molecule has 4 heteroatoms. The first-order valence-corrected chi connectivity index (χ1v) is 6.80. The molecule has 0 spiro atoms. The van der Waals surface area contributed by atoms with Gasteiger partial charge in [0.1, 0.15) is 0 Å². The summed E-state index contributed by atoms with van der Waals surface area (Å²) in [5.74, 6) is -0.177. The van der Waals surface area contributed by atoms with Crippen molar-refractivity contribution in [2.24, 2.45) is 0 Å². The Morgan fingerprint density at radius 1 is 1.00 bits per heavy atom. The largest absolute Gasteiger partial charge is 0.356 e. The van der Waals surface area contributed by atoms with Gasteiger partial charge < -0.3 is 4.74 Å². The summed E-state index contributed by atoms with van der Waals surface area (Å²) in [6.45, 7) is 0.0348. The quantitative estimate of drug-likeness (QED) is 0.483. The Morgan fingerprint density at radius 2 is 1.52 bits per heavy atom. The Balaban J connectivity index is 2.12. The van der Waals surface area contributed by atoms with Gasteiger partial charge in [-0.1, -0.05) is 60.7 Å². The summed E-state index contributed by atoms with van der Waals surface area (Å²) in [7, 11) is 1.50. The molecule has 0 aromatic heterocycles. The molecule has 2 rings (SSSR count). The molecule has 0 saturated heterocycles. The molecule has 0 radical (unpaired) electrons. The van der Waals surface area contributed by atoms with Gasteiger partial charge in [-0.05, 0) is 11.1 Å². The number of hydrogen-bond donors (Lipinski definition) is 1. The van der Waals surface area contributed by atoms with E-state index in [0.29, 0.717) is 6.42 Å². The molecule has 1 N–H and O–H groups in total. The summed E-state index contributed by atoms with van der Waals surface area (Å²) in [6.07, 6.45) is 0.317. The van der Waals surface area contributed by atoms with Gasteiger partial charge in [0.2, 0.25) is 5.91 Å². The summed E-state index contributed by atoms with van der Waals surface area (Å²) < 4.78 is 4.73. The molecule has 110 valence electrons. The van der Waals surface area contributed by atoms with Gasteiger partial charge in [-0.3, -0.25) is 4.79 Å². The average molecular weight is 285 g/mol. The number of amides is 1. The number of carbonyl (C=O) groups excluding carboxylic acids is 1. The second-order valence-electron chi connectivity index (χ2n) is 4.65. The minimum atomic E-state index is -0.176. The van der Waals surface area contributed by atoms with E-state index in [1.54, 1.807) is 0 Å². The first-order valence-electron chi connectivity index (χ1n) is 6.80. The van der Waals surface area contributed by atoms with Crippen LogP contribution < -0.4 is 5.48 Å². The molecular formula is C17H19NO3. The first-order chi connectivity index (χ1) is 10.3. The molecule has 0 aliphatic carbocycles. The fourth-order valence-corrected chi connectivity index (χ4v) is 2.19. The summed E-state index contributed by atoms with van der Waals surface area (Å²) in [5.41, 5.74) is 4.59. The van der Waals surface area contributed by atoms with E-state index in [-0.39, 0.29) is 18.6 Å². The monoisotopic (exact) mass is 285 g/mol. The van der Waals surface area contributed by atoms with Gasteiger partial charge in [-0.15, -0.1) is 0 Å². The second kappa shape index (κ2) is 8.19. The number of carbonyl (C=O) groups is 1. The Morgan fingerprint density at radius 3 is 2.00 bits per heavy atom. The van der Waals surface area contributed by atoms with Gasteiger partial charge in [0.15, 0.2) is 6.79 Å². The highest BCUT2D eigenvalue weighted by molar-refractivity contribution is 5.76. The van der Waals surface area contributed by atoms with Crippen LogP contribution in [0.1, 0.15) is 23.5 Å². The van der Waals surface area contributed by atoms with Crippen molar-refractivity contribution < 1.29 is 14.4 Å². The molecule has 0 bridgehead atoms. The van der Waals surface area contributed by atoms with Crippen LogP contribution in [0.5, 0.6) is 0 Å². The fraction of sp³-hybridized carbons (Fsp3) is 0.235. The van der Waals surface area contributed by atoms with Crippen molar-refractivity contribution in [1.29, 1.82) is 0 Å². The highest BCUT2D eigenvalue weighted by Gasteiger charge is 2.17. The number of ether oxygens (including phenoxy) is 1. The molecule has 0 unspecified atom stereocenters. The summed E-state index contributed by atoms with van der Waals surface area (Å²) in [6, 6.07) is 20.0. The highest BCUT2D eigenvalue weighted by atomic mass is 16.8. The lowest BCUT2D eigenvalue weighted by atomic mass is 9.88. The van der Waals surface area contributed by atoms with Crippen LogP contribution in [0.15, 0.2) is 60.7 Å². The van der Waals surface area contributed by atoms with E-state index in [1.165, 1.54) is 7.11 Å². The van der Waals surface area contributed by atoms with E-state index in [2.05, 4.69) is 5.48 Å².